The number of hydrogen-bond acceptors (Lipinski definition) is 4. The van der Waals surface area contributed by atoms with Gasteiger partial charge in [-0.2, -0.15) is 0 Å². The van der Waals surface area contributed by atoms with Gasteiger partial charge in [0.15, 0.2) is 0 Å². The molecule has 2 rings (SSSR count). The van der Waals surface area contributed by atoms with Crippen LogP contribution in [0.2, 0.25) is 0 Å². The van der Waals surface area contributed by atoms with Crippen molar-refractivity contribution < 1.29 is 17.9 Å². The predicted molar refractivity (Wildman–Crippen MR) is 122 cm³/mol. The fourth-order valence-corrected chi connectivity index (χ4v) is 3.51. The maximum Gasteiger partial charge on any atom is 0.412 e. The molecule has 0 aromatic heterocycles. The molecule has 0 bridgehead atoms. The van der Waals surface area contributed by atoms with Crippen LogP contribution in [0.25, 0.3) is 11.1 Å². The van der Waals surface area contributed by atoms with E-state index in [0.717, 1.165) is 16.7 Å². The minimum absolute atomic E-state index is 0.0629. The van der Waals surface area contributed by atoms with Crippen LogP contribution in [0.4, 0.5) is 10.5 Å². The first-order valence-corrected chi connectivity index (χ1v) is 11.6. The average Bonchev–Trinajstić information content (AvgIpc) is 2.65. The van der Waals surface area contributed by atoms with Gasteiger partial charge in [0, 0.05) is 12.2 Å². The standard InChI is InChI=1S/C23H32N2O4S/c1-16(2)30(27,28)24-15-17(3)18-7-9-19(10-8-18)20-11-13-21(14-12-20)25-22(26)29-23(4,5)6/h7-14,16-17,24H,15H2,1-6H3,(H,25,26). The van der Waals surface area contributed by atoms with E-state index in [2.05, 4.69) is 10.0 Å². The number of hydrogen-bond donors (Lipinski definition) is 2. The predicted octanol–water partition coefficient (Wildman–Crippen LogP) is 5.13. The zero-order chi connectivity index (χ0) is 22.5. The number of carbonyl (C=O) groups is 1. The first-order chi connectivity index (χ1) is 13.9. The highest BCUT2D eigenvalue weighted by Gasteiger charge is 2.17. The molecule has 2 aromatic rings. The van der Waals surface area contributed by atoms with Crippen LogP contribution in [0.1, 0.15) is 53.0 Å². The molecule has 2 aromatic carbocycles. The van der Waals surface area contributed by atoms with Gasteiger partial charge in [-0.1, -0.05) is 43.3 Å². The molecule has 7 heteroatoms. The summed E-state index contributed by atoms with van der Waals surface area (Å²) in [7, 11) is -3.26. The van der Waals surface area contributed by atoms with Crippen molar-refractivity contribution in [3.05, 3.63) is 54.1 Å². The largest absolute Gasteiger partial charge is 0.444 e. The van der Waals surface area contributed by atoms with Crippen LogP contribution in [0.15, 0.2) is 48.5 Å². The second-order valence-corrected chi connectivity index (χ2v) is 11.0. The molecule has 0 saturated heterocycles. The summed E-state index contributed by atoms with van der Waals surface area (Å²) >= 11 is 0. The van der Waals surface area contributed by atoms with Crippen LogP contribution < -0.4 is 10.0 Å². The monoisotopic (exact) mass is 432 g/mol. The number of sulfonamides is 1. The van der Waals surface area contributed by atoms with E-state index in [9.17, 15) is 13.2 Å². The summed E-state index contributed by atoms with van der Waals surface area (Å²) in [5, 5.41) is 2.27. The second-order valence-electron chi connectivity index (χ2n) is 8.67. The molecule has 0 fully saturated rings. The Kier molecular flexibility index (Phi) is 7.66. The third kappa shape index (κ3) is 7.15. The van der Waals surface area contributed by atoms with Crippen LogP contribution in [-0.4, -0.2) is 31.9 Å². The quantitative estimate of drug-likeness (QED) is 0.635. The van der Waals surface area contributed by atoms with Crippen molar-refractivity contribution >= 4 is 21.8 Å². The molecule has 0 saturated carbocycles. The molecule has 0 heterocycles. The highest BCUT2D eigenvalue weighted by atomic mass is 32.2. The van der Waals surface area contributed by atoms with Crippen molar-refractivity contribution in [1.29, 1.82) is 0 Å². The van der Waals surface area contributed by atoms with Gasteiger partial charge in [0.05, 0.1) is 5.25 Å². The molecule has 6 nitrogen and oxygen atoms in total. The molecular weight excluding hydrogens is 400 g/mol. The molecule has 2 N–H and O–H groups in total. The van der Waals surface area contributed by atoms with Gasteiger partial charge in [-0.05, 0) is 69.4 Å². The van der Waals surface area contributed by atoms with Crippen LogP contribution in [0.3, 0.4) is 0 Å². The van der Waals surface area contributed by atoms with E-state index in [1.807, 2.05) is 76.2 Å². The zero-order valence-corrected chi connectivity index (χ0v) is 19.3. The Bertz CT molecular complexity index is 944. The van der Waals surface area contributed by atoms with Crippen LogP contribution in [-0.2, 0) is 14.8 Å². The minimum Gasteiger partial charge on any atom is -0.444 e. The number of benzene rings is 2. The third-order valence-corrected chi connectivity index (χ3v) is 6.36. The summed E-state index contributed by atoms with van der Waals surface area (Å²) < 4.78 is 31.8. The number of ether oxygens (including phenoxy) is 1. The molecule has 1 amide bonds. The first kappa shape index (κ1) is 23.9. The van der Waals surface area contributed by atoms with Gasteiger partial charge >= 0.3 is 6.09 Å². The summed E-state index contributed by atoms with van der Waals surface area (Å²) in [4.78, 5) is 11.9. The Labute approximate surface area is 180 Å². The Morgan fingerprint density at radius 1 is 0.933 bits per heavy atom. The minimum atomic E-state index is -3.26. The van der Waals surface area contributed by atoms with Gasteiger partial charge in [0.2, 0.25) is 10.0 Å². The van der Waals surface area contributed by atoms with Crippen molar-refractivity contribution in [2.24, 2.45) is 0 Å². The maximum atomic E-state index is 11.9. The Morgan fingerprint density at radius 3 is 1.90 bits per heavy atom. The smallest absolute Gasteiger partial charge is 0.412 e. The summed E-state index contributed by atoms with van der Waals surface area (Å²) in [5.41, 5.74) is 3.24. The molecule has 0 radical (unpaired) electrons. The lowest BCUT2D eigenvalue weighted by atomic mass is 9.97. The Balaban J connectivity index is 2.00. The topological polar surface area (TPSA) is 84.5 Å². The molecule has 164 valence electrons. The fourth-order valence-electron chi connectivity index (χ4n) is 2.70. The van der Waals surface area contributed by atoms with Crippen molar-refractivity contribution in [3.8, 4) is 11.1 Å². The van der Waals surface area contributed by atoms with Crippen molar-refractivity contribution in [2.45, 2.75) is 58.3 Å². The summed E-state index contributed by atoms with van der Waals surface area (Å²) in [6, 6.07) is 15.6. The van der Waals surface area contributed by atoms with Crippen molar-refractivity contribution in [3.63, 3.8) is 0 Å². The molecular formula is C23H32N2O4S. The van der Waals surface area contributed by atoms with Gasteiger partial charge in [-0.15, -0.1) is 0 Å². The Hall–Kier alpha value is -2.38. The highest BCUT2D eigenvalue weighted by molar-refractivity contribution is 7.90. The van der Waals surface area contributed by atoms with Gasteiger partial charge < -0.3 is 4.74 Å². The number of rotatable bonds is 7. The van der Waals surface area contributed by atoms with E-state index in [4.69, 9.17) is 4.74 Å². The van der Waals surface area contributed by atoms with Crippen LogP contribution in [0.5, 0.6) is 0 Å². The Morgan fingerprint density at radius 2 is 1.43 bits per heavy atom. The lowest BCUT2D eigenvalue weighted by Gasteiger charge is -2.19. The van der Waals surface area contributed by atoms with Crippen LogP contribution >= 0.6 is 0 Å². The van der Waals surface area contributed by atoms with Gasteiger partial charge in [-0.25, -0.2) is 17.9 Å². The number of amides is 1. The molecule has 0 aliphatic rings. The molecule has 0 aliphatic carbocycles. The van der Waals surface area contributed by atoms with Gasteiger partial charge in [0.25, 0.3) is 0 Å². The number of nitrogens with one attached hydrogen (secondary N) is 2. The van der Waals surface area contributed by atoms with E-state index < -0.39 is 27.0 Å². The molecule has 0 aliphatic heterocycles. The number of anilines is 1. The summed E-state index contributed by atoms with van der Waals surface area (Å²) in [6.45, 7) is 11.1. The molecule has 1 atom stereocenters. The molecule has 30 heavy (non-hydrogen) atoms. The van der Waals surface area contributed by atoms with E-state index in [-0.39, 0.29) is 5.92 Å². The lowest BCUT2D eigenvalue weighted by molar-refractivity contribution is 0.0636. The van der Waals surface area contributed by atoms with Gasteiger partial charge in [0.1, 0.15) is 5.60 Å². The van der Waals surface area contributed by atoms with Crippen molar-refractivity contribution in [2.75, 3.05) is 11.9 Å². The van der Waals surface area contributed by atoms with E-state index in [1.165, 1.54) is 0 Å². The van der Waals surface area contributed by atoms with Crippen LogP contribution in [0, 0.1) is 0 Å². The molecule has 1 unspecified atom stereocenters. The second kappa shape index (κ2) is 9.62. The highest BCUT2D eigenvalue weighted by Crippen LogP contribution is 2.24. The third-order valence-electron chi connectivity index (χ3n) is 4.55. The first-order valence-electron chi connectivity index (χ1n) is 10.1. The molecule has 0 spiro atoms. The lowest BCUT2D eigenvalue weighted by Crippen LogP contribution is -2.33. The SMILES string of the molecule is CC(CNS(=O)(=O)C(C)C)c1ccc(-c2ccc(NC(=O)OC(C)(C)C)cc2)cc1. The summed E-state index contributed by atoms with van der Waals surface area (Å²) in [5.74, 6) is 0.0629. The fraction of sp³-hybridized carbons (Fsp3) is 0.435. The van der Waals surface area contributed by atoms with Gasteiger partial charge in [-0.3, -0.25) is 5.32 Å². The zero-order valence-electron chi connectivity index (χ0n) is 18.5. The normalized spacial score (nSPS) is 13.2. The van der Waals surface area contributed by atoms with E-state index in [1.54, 1.807) is 13.8 Å². The number of carbonyl (C=O) groups excluding carboxylic acids is 1. The van der Waals surface area contributed by atoms with E-state index in [0.29, 0.717) is 12.2 Å². The van der Waals surface area contributed by atoms with Crippen molar-refractivity contribution in [1.82, 2.24) is 4.72 Å². The maximum absolute atomic E-state index is 11.9. The average molecular weight is 433 g/mol. The van der Waals surface area contributed by atoms with E-state index >= 15 is 0 Å². The summed E-state index contributed by atoms with van der Waals surface area (Å²) in [6.07, 6.45) is -0.485.